The lowest BCUT2D eigenvalue weighted by atomic mass is 10.2. The van der Waals surface area contributed by atoms with E-state index in [1.807, 2.05) is 26.0 Å². The van der Waals surface area contributed by atoms with E-state index in [1.54, 1.807) is 12.1 Å². The first-order chi connectivity index (χ1) is 9.56. The van der Waals surface area contributed by atoms with Crippen molar-refractivity contribution < 1.29 is 14.6 Å². The third-order valence-corrected chi connectivity index (χ3v) is 2.62. The van der Waals surface area contributed by atoms with Crippen molar-refractivity contribution in [3.05, 3.63) is 24.3 Å². The molecule has 0 heterocycles. The molecule has 5 N–H and O–H groups in total. The van der Waals surface area contributed by atoms with Gasteiger partial charge in [-0.05, 0) is 26.0 Å². The highest BCUT2D eigenvalue weighted by Crippen LogP contribution is 2.24. The number of anilines is 1. The van der Waals surface area contributed by atoms with Gasteiger partial charge in [-0.15, -0.1) is 0 Å². The molecule has 2 amide bonds. The number of rotatable bonds is 7. The van der Waals surface area contributed by atoms with E-state index in [-0.39, 0.29) is 24.6 Å². The van der Waals surface area contributed by atoms with Crippen molar-refractivity contribution in [1.82, 2.24) is 5.32 Å². The number of aliphatic hydroxyl groups is 1. The van der Waals surface area contributed by atoms with Gasteiger partial charge in [0.25, 0.3) is 0 Å². The number of urea groups is 1. The Kier molecular flexibility index (Phi) is 6.83. The predicted molar refractivity (Wildman–Crippen MR) is 78.9 cm³/mol. The summed E-state index contributed by atoms with van der Waals surface area (Å²) in [6.45, 7) is 4.39. The molecule has 0 aromatic heterocycles. The van der Waals surface area contributed by atoms with Crippen LogP contribution in [0.15, 0.2) is 24.3 Å². The summed E-state index contributed by atoms with van der Waals surface area (Å²) in [5, 5.41) is 14.6. The second-order valence-electron chi connectivity index (χ2n) is 4.84. The van der Waals surface area contributed by atoms with Crippen LogP contribution in [-0.2, 0) is 0 Å². The van der Waals surface area contributed by atoms with Gasteiger partial charge in [0, 0.05) is 18.5 Å². The molecule has 0 spiro atoms. The number of nitrogens with two attached hydrogens (primary N) is 1. The van der Waals surface area contributed by atoms with Crippen molar-refractivity contribution >= 4 is 11.7 Å². The number of benzene rings is 1. The van der Waals surface area contributed by atoms with E-state index >= 15 is 0 Å². The Hall–Kier alpha value is -1.79. The number of aliphatic hydroxyl groups excluding tert-OH is 1. The monoisotopic (exact) mass is 281 g/mol. The van der Waals surface area contributed by atoms with Gasteiger partial charge in [0.15, 0.2) is 0 Å². The second-order valence-corrected chi connectivity index (χ2v) is 4.84. The van der Waals surface area contributed by atoms with E-state index in [9.17, 15) is 4.79 Å². The summed E-state index contributed by atoms with van der Waals surface area (Å²) in [6, 6.07) is 6.91. The molecule has 0 fully saturated rings. The van der Waals surface area contributed by atoms with Gasteiger partial charge in [0.05, 0.1) is 18.9 Å². The van der Waals surface area contributed by atoms with Crippen LogP contribution in [0.4, 0.5) is 10.5 Å². The van der Waals surface area contributed by atoms with Gasteiger partial charge in [0.1, 0.15) is 5.75 Å². The zero-order valence-electron chi connectivity index (χ0n) is 11.9. The Morgan fingerprint density at radius 1 is 1.40 bits per heavy atom. The molecule has 1 aromatic rings. The van der Waals surface area contributed by atoms with Crippen LogP contribution in [0.3, 0.4) is 0 Å². The van der Waals surface area contributed by atoms with E-state index in [2.05, 4.69) is 10.6 Å². The van der Waals surface area contributed by atoms with Gasteiger partial charge in [-0.1, -0.05) is 12.1 Å². The number of amides is 2. The molecule has 6 nitrogen and oxygen atoms in total. The SMILES string of the molecule is CC(C)NC(=O)Nc1ccccc1OCC(CN)CO. The quantitative estimate of drug-likeness (QED) is 0.603. The fourth-order valence-corrected chi connectivity index (χ4v) is 1.52. The molecule has 112 valence electrons. The standard InChI is InChI=1S/C14H23N3O3/c1-10(2)16-14(19)17-12-5-3-4-6-13(12)20-9-11(7-15)8-18/h3-6,10-11,18H,7-9,15H2,1-2H3,(H2,16,17,19). The third-order valence-electron chi connectivity index (χ3n) is 2.62. The molecule has 20 heavy (non-hydrogen) atoms. The Bertz CT molecular complexity index is 420. The Morgan fingerprint density at radius 3 is 2.70 bits per heavy atom. The average molecular weight is 281 g/mol. The van der Waals surface area contributed by atoms with Crippen LogP contribution < -0.4 is 21.1 Å². The molecule has 6 heteroatoms. The minimum Gasteiger partial charge on any atom is -0.491 e. The van der Waals surface area contributed by atoms with E-state index in [0.717, 1.165) is 0 Å². The van der Waals surface area contributed by atoms with Gasteiger partial charge < -0.3 is 26.2 Å². The fourth-order valence-electron chi connectivity index (χ4n) is 1.52. The summed E-state index contributed by atoms with van der Waals surface area (Å²) in [6.07, 6.45) is 0. The highest BCUT2D eigenvalue weighted by atomic mass is 16.5. The minimum absolute atomic E-state index is 0.0278. The Balaban J connectivity index is 2.65. The van der Waals surface area contributed by atoms with Crippen LogP contribution in [0.2, 0.25) is 0 Å². The third kappa shape index (κ3) is 5.46. The van der Waals surface area contributed by atoms with Gasteiger partial charge in [-0.2, -0.15) is 0 Å². The first-order valence-corrected chi connectivity index (χ1v) is 6.67. The predicted octanol–water partition coefficient (Wildman–Crippen LogP) is 1.16. The molecule has 1 rings (SSSR count). The largest absolute Gasteiger partial charge is 0.491 e. The number of ether oxygens (including phenoxy) is 1. The summed E-state index contributed by atoms with van der Waals surface area (Å²) in [7, 11) is 0. The van der Waals surface area contributed by atoms with Gasteiger partial charge in [-0.3, -0.25) is 0 Å². The normalized spacial score (nSPS) is 12.1. The zero-order valence-corrected chi connectivity index (χ0v) is 11.9. The maximum Gasteiger partial charge on any atom is 0.319 e. The number of carbonyl (C=O) groups excluding carboxylic acids is 1. The topological polar surface area (TPSA) is 96.6 Å². The van der Waals surface area contributed by atoms with Crippen molar-refractivity contribution in [1.29, 1.82) is 0 Å². The van der Waals surface area contributed by atoms with Crippen molar-refractivity contribution in [2.45, 2.75) is 19.9 Å². The molecular formula is C14H23N3O3. The lowest BCUT2D eigenvalue weighted by Crippen LogP contribution is -2.34. The summed E-state index contributed by atoms with van der Waals surface area (Å²) < 4.78 is 5.60. The van der Waals surface area contributed by atoms with Crippen LogP contribution in [0.25, 0.3) is 0 Å². The Labute approximate surface area is 119 Å². The maximum atomic E-state index is 11.7. The summed E-state index contributed by atoms with van der Waals surface area (Å²) >= 11 is 0. The lowest BCUT2D eigenvalue weighted by molar-refractivity contribution is 0.168. The van der Waals surface area contributed by atoms with Gasteiger partial charge in [0.2, 0.25) is 0 Å². The van der Waals surface area contributed by atoms with E-state index < -0.39 is 0 Å². The van der Waals surface area contributed by atoms with Crippen LogP contribution in [0.5, 0.6) is 5.75 Å². The molecule has 0 radical (unpaired) electrons. The smallest absolute Gasteiger partial charge is 0.319 e. The van der Waals surface area contributed by atoms with Crippen LogP contribution in [0.1, 0.15) is 13.8 Å². The fraction of sp³-hybridized carbons (Fsp3) is 0.500. The molecule has 0 aliphatic carbocycles. The number of para-hydroxylation sites is 2. The molecule has 1 unspecified atom stereocenters. The van der Waals surface area contributed by atoms with Crippen molar-refractivity contribution in [2.24, 2.45) is 11.7 Å². The molecule has 1 aromatic carbocycles. The van der Waals surface area contributed by atoms with Crippen LogP contribution in [0, 0.1) is 5.92 Å². The summed E-state index contributed by atoms with van der Waals surface area (Å²) in [4.78, 5) is 11.7. The summed E-state index contributed by atoms with van der Waals surface area (Å²) in [5.74, 6) is 0.436. The van der Waals surface area contributed by atoms with Crippen molar-refractivity contribution in [3.63, 3.8) is 0 Å². The van der Waals surface area contributed by atoms with Gasteiger partial charge in [-0.25, -0.2) is 4.79 Å². The number of carbonyl (C=O) groups is 1. The zero-order chi connectivity index (χ0) is 15.0. The number of nitrogens with one attached hydrogen (secondary N) is 2. The minimum atomic E-state index is -0.284. The van der Waals surface area contributed by atoms with Crippen molar-refractivity contribution in [3.8, 4) is 5.75 Å². The van der Waals surface area contributed by atoms with E-state index in [0.29, 0.717) is 24.6 Å². The summed E-state index contributed by atoms with van der Waals surface area (Å²) in [5.41, 5.74) is 6.08. The van der Waals surface area contributed by atoms with E-state index in [4.69, 9.17) is 15.6 Å². The average Bonchev–Trinajstić information content (AvgIpc) is 2.40. The highest BCUT2D eigenvalue weighted by molar-refractivity contribution is 5.91. The van der Waals surface area contributed by atoms with Crippen LogP contribution >= 0.6 is 0 Å². The highest BCUT2D eigenvalue weighted by Gasteiger charge is 2.10. The van der Waals surface area contributed by atoms with Gasteiger partial charge >= 0.3 is 6.03 Å². The number of hydrogen-bond donors (Lipinski definition) is 4. The molecule has 0 aliphatic heterocycles. The molecule has 0 aliphatic rings. The first-order valence-electron chi connectivity index (χ1n) is 6.67. The molecule has 1 atom stereocenters. The lowest BCUT2D eigenvalue weighted by Gasteiger charge is -2.16. The number of hydrogen-bond acceptors (Lipinski definition) is 4. The molecule has 0 saturated heterocycles. The Morgan fingerprint density at radius 2 is 2.10 bits per heavy atom. The maximum absolute atomic E-state index is 11.7. The van der Waals surface area contributed by atoms with Crippen molar-refractivity contribution in [2.75, 3.05) is 25.1 Å². The molecule has 0 saturated carbocycles. The van der Waals surface area contributed by atoms with Crippen LogP contribution in [-0.4, -0.2) is 36.9 Å². The first kappa shape index (κ1) is 16.3. The molecular weight excluding hydrogens is 258 g/mol. The molecule has 0 bridgehead atoms. The second kappa shape index (κ2) is 8.39. The van der Waals surface area contributed by atoms with E-state index in [1.165, 1.54) is 0 Å².